The molecule has 0 aliphatic carbocycles. The summed E-state index contributed by atoms with van der Waals surface area (Å²) in [5.41, 5.74) is 11.7. The number of hydrogen-bond acceptors (Lipinski definition) is 6. The van der Waals surface area contributed by atoms with Crippen molar-refractivity contribution in [1.82, 2.24) is 15.0 Å². The van der Waals surface area contributed by atoms with Crippen molar-refractivity contribution in [2.75, 3.05) is 5.73 Å². The molecule has 0 bridgehead atoms. The number of nitrogen functional groups attached to an aromatic ring is 1. The van der Waals surface area contributed by atoms with Gasteiger partial charge < -0.3 is 5.73 Å². The van der Waals surface area contributed by atoms with Gasteiger partial charge in [0.05, 0.1) is 16.1 Å². The average Bonchev–Trinajstić information content (AvgIpc) is 2.94. The van der Waals surface area contributed by atoms with E-state index >= 15 is 0 Å². The minimum absolute atomic E-state index is 0.141. The Labute approximate surface area is 161 Å². The number of nitrogens with two attached hydrogens (primary N) is 1. The first-order valence-corrected chi connectivity index (χ1v) is 9.31. The Hall–Kier alpha value is -3.30. The van der Waals surface area contributed by atoms with E-state index in [1.54, 1.807) is 17.5 Å². The molecule has 3 heterocycles. The molecule has 0 spiro atoms. The van der Waals surface area contributed by atoms with Crippen LogP contribution in [0.4, 0.5) is 5.82 Å². The van der Waals surface area contributed by atoms with Gasteiger partial charge in [-0.15, -0.1) is 11.3 Å². The Morgan fingerprint density at radius 1 is 1.04 bits per heavy atom. The van der Waals surface area contributed by atoms with Crippen LogP contribution in [0, 0.1) is 32.1 Å². The third-order valence-electron chi connectivity index (χ3n) is 4.81. The molecule has 27 heavy (non-hydrogen) atoms. The summed E-state index contributed by atoms with van der Waals surface area (Å²) in [5, 5.41) is 10.4. The number of thiophene rings is 1. The molecular formula is C21H17N5S. The van der Waals surface area contributed by atoms with Gasteiger partial charge in [0, 0.05) is 22.0 Å². The second kappa shape index (κ2) is 6.45. The van der Waals surface area contributed by atoms with E-state index in [1.165, 1.54) is 16.0 Å². The monoisotopic (exact) mass is 371 g/mol. The van der Waals surface area contributed by atoms with Crippen molar-refractivity contribution in [2.45, 2.75) is 20.8 Å². The number of fused-ring (bicyclic) bond motifs is 1. The van der Waals surface area contributed by atoms with Gasteiger partial charge in [0.2, 0.25) is 0 Å². The van der Waals surface area contributed by atoms with Crippen molar-refractivity contribution < 1.29 is 0 Å². The van der Waals surface area contributed by atoms with E-state index in [1.807, 2.05) is 36.4 Å². The number of pyridine rings is 1. The topological polar surface area (TPSA) is 88.5 Å². The largest absolute Gasteiger partial charge is 0.381 e. The van der Waals surface area contributed by atoms with Crippen molar-refractivity contribution in [3.8, 4) is 27.9 Å². The van der Waals surface area contributed by atoms with Crippen LogP contribution in [-0.4, -0.2) is 15.0 Å². The molecule has 0 atom stereocenters. The van der Waals surface area contributed by atoms with E-state index in [0.29, 0.717) is 11.4 Å². The molecule has 4 aromatic rings. The molecule has 132 valence electrons. The first kappa shape index (κ1) is 17.1. The zero-order chi connectivity index (χ0) is 19.1. The summed E-state index contributed by atoms with van der Waals surface area (Å²) >= 11 is 1.68. The highest BCUT2D eigenvalue weighted by atomic mass is 32.1. The van der Waals surface area contributed by atoms with Gasteiger partial charge in [-0.2, -0.15) is 5.26 Å². The lowest BCUT2D eigenvalue weighted by molar-refractivity contribution is 1.18. The number of nitrogens with zero attached hydrogens (tertiary/aromatic N) is 4. The van der Waals surface area contributed by atoms with Crippen LogP contribution < -0.4 is 5.73 Å². The molecule has 0 saturated heterocycles. The highest BCUT2D eigenvalue weighted by Gasteiger charge is 2.20. The van der Waals surface area contributed by atoms with Gasteiger partial charge in [-0.25, -0.2) is 9.97 Å². The van der Waals surface area contributed by atoms with Gasteiger partial charge in [0.15, 0.2) is 11.5 Å². The fourth-order valence-electron chi connectivity index (χ4n) is 3.08. The van der Waals surface area contributed by atoms with Gasteiger partial charge in [-0.05, 0) is 50.1 Å². The van der Waals surface area contributed by atoms with E-state index in [-0.39, 0.29) is 11.5 Å². The Balaban J connectivity index is 2.03. The third-order valence-corrected chi connectivity index (χ3v) is 6.12. The number of anilines is 1. The first-order valence-electron chi connectivity index (χ1n) is 8.49. The molecule has 0 fully saturated rings. The Morgan fingerprint density at radius 3 is 2.56 bits per heavy atom. The molecule has 4 rings (SSSR count). The quantitative estimate of drug-likeness (QED) is 0.547. The van der Waals surface area contributed by atoms with E-state index in [4.69, 9.17) is 5.73 Å². The van der Waals surface area contributed by atoms with E-state index in [2.05, 4.69) is 35.7 Å². The van der Waals surface area contributed by atoms with Gasteiger partial charge in [0.25, 0.3) is 0 Å². The van der Waals surface area contributed by atoms with Crippen LogP contribution >= 0.6 is 11.3 Å². The minimum Gasteiger partial charge on any atom is -0.381 e. The van der Waals surface area contributed by atoms with Crippen molar-refractivity contribution in [3.63, 3.8) is 0 Å². The molecule has 3 aromatic heterocycles. The molecule has 0 aliphatic rings. The van der Waals surface area contributed by atoms with Crippen molar-refractivity contribution in [3.05, 3.63) is 58.2 Å². The summed E-state index contributed by atoms with van der Waals surface area (Å²) in [4.78, 5) is 15.8. The van der Waals surface area contributed by atoms with Crippen LogP contribution in [0.5, 0.6) is 0 Å². The summed E-state index contributed by atoms with van der Waals surface area (Å²) in [5.74, 6) is 0.154. The molecule has 5 nitrogen and oxygen atoms in total. The summed E-state index contributed by atoms with van der Waals surface area (Å²) in [6, 6.07) is 11.9. The number of benzene rings is 1. The van der Waals surface area contributed by atoms with Crippen LogP contribution in [-0.2, 0) is 0 Å². The summed E-state index contributed by atoms with van der Waals surface area (Å²) in [7, 11) is 0. The number of hydrogen-bond donors (Lipinski definition) is 1. The van der Waals surface area contributed by atoms with Crippen LogP contribution in [0.15, 0.2) is 36.5 Å². The standard InChI is InChI=1S/C21H17N5S/c1-11-12(2)20(27-13(11)3)19-18(25-17(10-22)21(23)26-19)15-6-7-16-14(9-15)5-4-8-24-16/h4-9H,1-3H3,(H2,23,26). The number of aromatic nitrogens is 3. The Bertz CT molecular complexity index is 1230. The molecular weight excluding hydrogens is 354 g/mol. The lowest BCUT2D eigenvalue weighted by atomic mass is 10.0. The highest BCUT2D eigenvalue weighted by Crippen LogP contribution is 2.39. The maximum absolute atomic E-state index is 9.39. The minimum atomic E-state index is 0.141. The maximum Gasteiger partial charge on any atom is 0.183 e. The van der Waals surface area contributed by atoms with Crippen molar-refractivity contribution >= 4 is 28.1 Å². The van der Waals surface area contributed by atoms with Crippen LogP contribution in [0.25, 0.3) is 32.7 Å². The second-order valence-corrected chi connectivity index (χ2v) is 7.64. The van der Waals surface area contributed by atoms with Crippen LogP contribution in [0.3, 0.4) is 0 Å². The Morgan fingerprint density at radius 2 is 1.85 bits per heavy atom. The number of aryl methyl sites for hydroxylation is 1. The molecule has 0 unspecified atom stereocenters. The fraction of sp³-hybridized carbons (Fsp3) is 0.143. The molecule has 1 aromatic carbocycles. The maximum atomic E-state index is 9.39. The molecule has 6 heteroatoms. The molecule has 0 aliphatic heterocycles. The zero-order valence-corrected chi connectivity index (χ0v) is 16.1. The van der Waals surface area contributed by atoms with Crippen molar-refractivity contribution in [1.29, 1.82) is 5.26 Å². The highest BCUT2D eigenvalue weighted by molar-refractivity contribution is 7.15. The smallest absolute Gasteiger partial charge is 0.183 e. The predicted molar refractivity (Wildman–Crippen MR) is 109 cm³/mol. The third kappa shape index (κ3) is 2.82. The lowest BCUT2D eigenvalue weighted by Gasteiger charge is -2.11. The Kier molecular flexibility index (Phi) is 4.09. The van der Waals surface area contributed by atoms with Crippen LogP contribution in [0.1, 0.15) is 21.7 Å². The van der Waals surface area contributed by atoms with Gasteiger partial charge in [0.1, 0.15) is 11.8 Å². The molecule has 0 saturated carbocycles. The van der Waals surface area contributed by atoms with Gasteiger partial charge >= 0.3 is 0 Å². The molecule has 0 radical (unpaired) electrons. The summed E-state index contributed by atoms with van der Waals surface area (Å²) in [6.07, 6.45) is 1.77. The molecule has 2 N–H and O–H groups in total. The van der Waals surface area contributed by atoms with Crippen LogP contribution in [0.2, 0.25) is 0 Å². The SMILES string of the molecule is Cc1sc(-c2nc(N)c(C#N)nc2-c2ccc3ncccc3c2)c(C)c1C. The number of rotatable bonds is 2. The van der Waals surface area contributed by atoms with Crippen molar-refractivity contribution in [2.24, 2.45) is 0 Å². The fourth-order valence-corrected chi connectivity index (χ4v) is 4.24. The van der Waals surface area contributed by atoms with E-state index in [9.17, 15) is 5.26 Å². The summed E-state index contributed by atoms with van der Waals surface area (Å²) in [6.45, 7) is 6.28. The zero-order valence-electron chi connectivity index (χ0n) is 15.2. The molecule has 0 amide bonds. The predicted octanol–water partition coefficient (Wildman–Crippen LogP) is 4.80. The van der Waals surface area contributed by atoms with Gasteiger partial charge in [-0.3, -0.25) is 4.98 Å². The normalized spacial score (nSPS) is 10.9. The second-order valence-electron chi connectivity index (χ2n) is 6.41. The average molecular weight is 371 g/mol. The van der Waals surface area contributed by atoms with E-state index in [0.717, 1.165) is 21.3 Å². The number of nitriles is 1. The summed E-state index contributed by atoms with van der Waals surface area (Å²) < 4.78 is 0. The first-order chi connectivity index (χ1) is 13.0. The lowest BCUT2D eigenvalue weighted by Crippen LogP contribution is -2.03. The van der Waals surface area contributed by atoms with Gasteiger partial charge in [-0.1, -0.05) is 12.1 Å². The van der Waals surface area contributed by atoms with E-state index < -0.39 is 0 Å².